The molecule has 0 aromatic heterocycles. The molecule has 0 spiro atoms. The summed E-state index contributed by atoms with van der Waals surface area (Å²) in [5.41, 5.74) is 0. The van der Waals surface area contributed by atoms with Gasteiger partial charge in [-0.15, -0.1) is 0 Å². The van der Waals surface area contributed by atoms with Crippen molar-refractivity contribution in [2.75, 3.05) is 26.8 Å². The quantitative estimate of drug-likeness (QED) is 0.768. The number of nitrogens with one attached hydrogen (secondary N) is 1. The van der Waals surface area contributed by atoms with E-state index in [0.717, 1.165) is 19.3 Å². The molecule has 0 bridgehead atoms. The number of likely N-dealkylation sites (tertiary alicyclic amines) is 1. The summed E-state index contributed by atoms with van der Waals surface area (Å²) in [5, 5.41) is 11.4. The van der Waals surface area contributed by atoms with E-state index in [0.29, 0.717) is 19.0 Å². The van der Waals surface area contributed by atoms with E-state index in [1.54, 1.807) is 4.90 Å². The maximum Gasteiger partial charge on any atom is 0.328 e. The highest BCUT2D eigenvalue weighted by Crippen LogP contribution is 2.19. The third-order valence-corrected chi connectivity index (χ3v) is 3.31. The Labute approximate surface area is 107 Å². The van der Waals surface area contributed by atoms with Crippen LogP contribution in [-0.4, -0.2) is 54.9 Å². The number of nitrogens with zero attached hydrogens (tertiary/aromatic N) is 1. The maximum absolute atomic E-state index is 11.9. The number of aliphatic carboxylic acids is 1. The Hall–Kier alpha value is -1.30. The summed E-state index contributed by atoms with van der Waals surface area (Å²) in [4.78, 5) is 24.6. The van der Waals surface area contributed by atoms with Crippen LogP contribution in [0.1, 0.15) is 26.2 Å². The van der Waals surface area contributed by atoms with Crippen molar-refractivity contribution in [1.82, 2.24) is 10.2 Å². The van der Waals surface area contributed by atoms with Gasteiger partial charge in [0.2, 0.25) is 0 Å². The summed E-state index contributed by atoms with van der Waals surface area (Å²) in [6.07, 6.45) is 3.17. The average molecular weight is 258 g/mol. The molecule has 0 radical (unpaired) electrons. The first kappa shape index (κ1) is 14.8. The molecule has 0 aromatic rings. The van der Waals surface area contributed by atoms with Crippen LogP contribution in [0.25, 0.3) is 0 Å². The van der Waals surface area contributed by atoms with Crippen molar-refractivity contribution in [2.24, 2.45) is 5.92 Å². The predicted molar refractivity (Wildman–Crippen MR) is 66.4 cm³/mol. The van der Waals surface area contributed by atoms with Gasteiger partial charge in [0.15, 0.2) is 6.04 Å². The van der Waals surface area contributed by atoms with Gasteiger partial charge in [-0.1, -0.05) is 13.3 Å². The number of ether oxygens (including phenoxy) is 1. The van der Waals surface area contributed by atoms with Gasteiger partial charge in [-0.3, -0.25) is 0 Å². The average Bonchev–Trinajstić information content (AvgIpc) is 2.38. The molecule has 0 aliphatic carbocycles. The normalized spacial score (nSPS) is 21.4. The first-order valence-corrected chi connectivity index (χ1v) is 6.35. The molecule has 2 amide bonds. The molecule has 1 rings (SSSR count). The van der Waals surface area contributed by atoms with Crippen LogP contribution in [0.5, 0.6) is 0 Å². The van der Waals surface area contributed by atoms with Crippen LogP contribution in [0, 0.1) is 5.92 Å². The Morgan fingerprint density at radius 2 is 2.28 bits per heavy atom. The number of hydrogen-bond acceptors (Lipinski definition) is 3. The fourth-order valence-electron chi connectivity index (χ4n) is 2.16. The summed E-state index contributed by atoms with van der Waals surface area (Å²) in [6.45, 7) is 3.49. The van der Waals surface area contributed by atoms with Gasteiger partial charge < -0.3 is 20.1 Å². The van der Waals surface area contributed by atoms with Crippen molar-refractivity contribution in [1.29, 1.82) is 0 Å². The van der Waals surface area contributed by atoms with Gasteiger partial charge in [0, 0.05) is 20.2 Å². The second kappa shape index (κ2) is 7.20. The largest absolute Gasteiger partial charge is 0.480 e. The van der Waals surface area contributed by atoms with Crippen LogP contribution in [0.2, 0.25) is 0 Å². The highest BCUT2D eigenvalue weighted by molar-refractivity contribution is 5.82. The Balaban J connectivity index is 2.50. The number of hydrogen-bond donors (Lipinski definition) is 2. The highest BCUT2D eigenvalue weighted by Gasteiger charge is 2.26. The summed E-state index contributed by atoms with van der Waals surface area (Å²) < 4.78 is 4.78. The van der Waals surface area contributed by atoms with Crippen LogP contribution >= 0.6 is 0 Å². The molecule has 0 saturated carbocycles. The van der Waals surface area contributed by atoms with Crippen molar-refractivity contribution >= 4 is 12.0 Å². The van der Waals surface area contributed by atoms with Crippen molar-refractivity contribution in [3.8, 4) is 0 Å². The van der Waals surface area contributed by atoms with Crippen molar-refractivity contribution < 1.29 is 19.4 Å². The van der Waals surface area contributed by atoms with E-state index in [1.165, 1.54) is 7.11 Å². The minimum atomic E-state index is -1.07. The second-order valence-corrected chi connectivity index (χ2v) is 4.66. The van der Waals surface area contributed by atoms with Crippen LogP contribution in [0.4, 0.5) is 4.79 Å². The number of carbonyl (C=O) groups is 2. The summed E-state index contributed by atoms with van der Waals surface area (Å²) in [5.74, 6) is -0.551. The van der Waals surface area contributed by atoms with E-state index in [-0.39, 0.29) is 12.6 Å². The number of carboxylic acid groups (broad SMARTS) is 1. The molecular formula is C12H22N2O4. The standard InChI is InChI=1S/C12H22N2O4/c1-3-9-5-4-6-14(7-9)12(17)13-10(8-18-2)11(15)16/h9-10H,3-8H2,1-2H3,(H,13,17)(H,15,16). The van der Waals surface area contributed by atoms with Gasteiger partial charge in [-0.05, 0) is 18.8 Å². The van der Waals surface area contributed by atoms with Crippen LogP contribution in [0.15, 0.2) is 0 Å². The number of carboxylic acids is 1. The molecule has 6 nitrogen and oxygen atoms in total. The number of piperidine rings is 1. The Morgan fingerprint density at radius 1 is 1.56 bits per heavy atom. The molecule has 1 heterocycles. The molecular weight excluding hydrogens is 236 g/mol. The number of rotatable bonds is 5. The van der Waals surface area contributed by atoms with Crippen LogP contribution in [-0.2, 0) is 9.53 Å². The third-order valence-electron chi connectivity index (χ3n) is 3.31. The number of carbonyl (C=O) groups excluding carboxylic acids is 1. The van der Waals surface area contributed by atoms with Gasteiger partial charge in [-0.25, -0.2) is 9.59 Å². The van der Waals surface area contributed by atoms with Gasteiger partial charge in [-0.2, -0.15) is 0 Å². The SMILES string of the molecule is CCC1CCCN(C(=O)NC(COC)C(=O)O)C1. The lowest BCUT2D eigenvalue weighted by Crippen LogP contribution is -2.52. The molecule has 2 unspecified atom stereocenters. The lowest BCUT2D eigenvalue weighted by Gasteiger charge is -2.33. The van der Waals surface area contributed by atoms with E-state index in [1.807, 2.05) is 0 Å². The summed E-state index contributed by atoms with van der Waals surface area (Å²) in [7, 11) is 1.41. The molecule has 0 aromatic carbocycles. The first-order valence-electron chi connectivity index (χ1n) is 6.35. The molecule has 1 aliphatic rings. The minimum Gasteiger partial charge on any atom is -0.480 e. The number of urea groups is 1. The lowest BCUT2D eigenvalue weighted by molar-refractivity contribution is -0.140. The molecule has 1 saturated heterocycles. The smallest absolute Gasteiger partial charge is 0.328 e. The van der Waals surface area contributed by atoms with Crippen molar-refractivity contribution in [2.45, 2.75) is 32.2 Å². The first-order chi connectivity index (χ1) is 8.58. The summed E-state index contributed by atoms with van der Waals surface area (Å²) in [6, 6.07) is -1.29. The monoisotopic (exact) mass is 258 g/mol. The Kier molecular flexibility index (Phi) is 5.91. The summed E-state index contributed by atoms with van der Waals surface area (Å²) >= 11 is 0. The Bertz CT molecular complexity index is 296. The predicted octanol–water partition coefficient (Wildman–Crippen LogP) is 0.918. The Morgan fingerprint density at radius 3 is 2.83 bits per heavy atom. The van der Waals surface area contributed by atoms with Crippen LogP contribution in [0.3, 0.4) is 0 Å². The molecule has 1 fully saturated rings. The lowest BCUT2D eigenvalue weighted by atomic mass is 9.96. The maximum atomic E-state index is 11.9. The number of methoxy groups -OCH3 is 1. The molecule has 1 aliphatic heterocycles. The minimum absolute atomic E-state index is 0.0217. The zero-order valence-corrected chi connectivity index (χ0v) is 11.0. The zero-order chi connectivity index (χ0) is 13.5. The van der Waals surface area contributed by atoms with E-state index < -0.39 is 12.0 Å². The van der Waals surface area contributed by atoms with Gasteiger partial charge >= 0.3 is 12.0 Å². The highest BCUT2D eigenvalue weighted by atomic mass is 16.5. The third kappa shape index (κ3) is 4.18. The topological polar surface area (TPSA) is 78.9 Å². The molecule has 6 heteroatoms. The van der Waals surface area contributed by atoms with Crippen LogP contribution < -0.4 is 5.32 Å². The van der Waals surface area contributed by atoms with Gasteiger partial charge in [0.1, 0.15) is 0 Å². The molecule has 2 N–H and O–H groups in total. The van der Waals surface area contributed by atoms with E-state index in [9.17, 15) is 9.59 Å². The van der Waals surface area contributed by atoms with Crippen molar-refractivity contribution in [3.63, 3.8) is 0 Å². The van der Waals surface area contributed by atoms with E-state index in [4.69, 9.17) is 9.84 Å². The second-order valence-electron chi connectivity index (χ2n) is 4.66. The zero-order valence-electron chi connectivity index (χ0n) is 11.0. The molecule has 104 valence electrons. The molecule has 18 heavy (non-hydrogen) atoms. The van der Waals surface area contributed by atoms with Gasteiger partial charge in [0.25, 0.3) is 0 Å². The van der Waals surface area contributed by atoms with E-state index >= 15 is 0 Å². The van der Waals surface area contributed by atoms with Crippen molar-refractivity contribution in [3.05, 3.63) is 0 Å². The van der Waals surface area contributed by atoms with Gasteiger partial charge in [0.05, 0.1) is 6.61 Å². The number of amides is 2. The fourth-order valence-corrected chi connectivity index (χ4v) is 2.16. The fraction of sp³-hybridized carbons (Fsp3) is 0.833. The molecule has 2 atom stereocenters. The van der Waals surface area contributed by atoms with E-state index in [2.05, 4.69) is 12.2 Å².